The summed E-state index contributed by atoms with van der Waals surface area (Å²) < 4.78 is 39.4. The summed E-state index contributed by atoms with van der Waals surface area (Å²) in [5.74, 6) is 4.84. The number of ether oxygens (including phenoxy) is 1. The van der Waals surface area contributed by atoms with E-state index in [0.29, 0.717) is 11.3 Å². The fraction of sp³-hybridized carbons (Fsp3) is 0.250. The molecule has 1 rings (SSSR count). The predicted molar refractivity (Wildman–Crippen MR) is 45.7 cm³/mol. The Balaban J connectivity index is 2.98. The van der Waals surface area contributed by atoms with Gasteiger partial charge < -0.3 is 10.2 Å². The standard InChI is InChI=1S/C8H9F3N2O/c1-5-6(13-12)3-2-4-7(5)14-8(9,10)11/h2-4,13H,12H2,1H3. The van der Waals surface area contributed by atoms with E-state index in [1.807, 2.05) is 0 Å². The number of benzene rings is 1. The summed E-state index contributed by atoms with van der Waals surface area (Å²) in [6.45, 7) is 1.48. The minimum absolute atomic E-state index is 0.257. The van der Waals surface area contributed by atoms with Crippen molar-refractivity contribution in [3.05, 3.63) is 23.8 Å². The zero-order chi connectivity index (χ0) is 10.8. The fourth-order valence-corrected chi connectivity index (χ4v) is 1.01. The molecule has 1 aromatic carbocycles. The van der Waals surface area contributed by atoms with Crippen LogP contribution >= 0.6 is 0 Å². The highest BCUT2D eigenvalue weighted by Crippen LogP contribution is 2.29. The van der Waals surface area contributed by atoms with Crippen molar-refractivity contribution < 1.29 is 17.9 Å². The summed E-state index contributed by atoms with van der Waals surface area (Å²) in [7, 11) is 0. The fourth-order valence-electron chi connectivity index (χ4n) is 1.01. The molecule has 0 aliphatic carbocycles. The molecule has 6 heteroatoms. The van der Waals surface area contributed by atoms with E-state index >= 15 is 0 Å². The largest absolute Gasteiger partial charge is 0.573 e. The Morgan fingerprint density at radius 2 is 2.00 bits per heavy atom. The number of alkyl halides is 3. The molecule has 0 amide bonds. The molecule has 0 aromatic heterocycles. The van der Waals surface area contributed by atoms with Gasteiger partial charge in [-0.3, -0.25) is 5.84 Å². The van der Waals surface area contributed by atoms with Crippen molar-refractivity contribution in [3.8, 4) is 5.75 Å². The maximum atomic E-state index is 11.9. The number of rotatable bonds is 2. The molecule has 0 spiro atoms. The van der Waals surface area contributed by atoms with Crippen LogP contribution in [0.4, 0.5) is 18.9 Å². The lowest BCUT2D eigenvalue weighted by Gasteiger charge is -2.13. The summed E-state index contributed by atoms with van der Waals surface area (Å²) in [6.07, 6.45) is -4.68. The van der Waals surface area contributed by atoms with Crippen LogP contribution in [0.3, 0.4) is 0 Å². The van der Waals surface area contributed by atoms with Gasteiger partial charge in [0.25, 0.3) is 0 Å². The Hall–Kier alpha value is -1.43. The maximum absolute atomic E-state index is 11.9. The van der Waals surface area contributed by atoms with Crippen molar-refractivity contribution in [3.63, 3.8) is 0 Å². The molecule has 0 saturated heterocycles. The summed E-state index contributed by atoms with van der Waals surface area (Å²) in [5.41, 5.74) is 2.98. The van der Waals surface area contributed by atoms with E-state index in [1.54, 1.807) is 6.07 Å². The second-order valence-corrected chi connectivity index (χ2v) is 2.62. The van der Waals surface area contributed by atoms with Gasteiger partial charge in [-0.15, -0.1) is 13.2 Å². The molecule has 0 fully saturated rings. The van der Waals surface area contributed by atoms with Crippen LogP contribution in [0.2, 0.25) is 0 Å². The lowest BCUT2D eigenvalue weighted by atomic mass is 10.2. The second kappa shape index (κ2) is 3.75. The van der Waals surface area contributed by atoms with Crippen LogP contribution in [0.1, 0.15) is 5.56 Å². The van der Waals surface area contributed by atoms with Crippen molar-refractivity contribution in [2.75, 3.05) is 5.43 Å². The van der Waals surface area contributed by atoms with Crippen LogP contribution < -0.4 is 16.0 Å². The summed E-state index contributed by atoms with van der Waals surface area (Å²) in [6, 6.07) is 4.20. The van der Waals surface area contributed by atoms with Gasteiger partial charge in [-0.25, -0.2) is 0 Å². The highest BCUT2D eigenvalue weighted by atomic mass is 19.4. The van der Waals surface area contributed by atoms with Crippen LogP contribution in [-0.4, -0.2) is 6.36 Å². The first-order valence-corrected chi connectivity index (χ1v) is 3.76. The van der Waals surface area contributed by atoms with Crippen LogP contribution in [0, 0.1) is 6.92 Å². The van der Waals surface area contributed by atoms with Crippen molar-refractivity contribution in [1.82, 2.24) is 0 Å². The molecule has 3 N–H and O–H groups in total. The van der Waals surface area contributed by atoms with Gasteiger partial charge in [0.2, 0.25) is 0 Å². The average molecular weight is 206 g/mol. The third-order valence-corrected chi connectivity index (χ3v) is 1.67. The SMILES string of the molecule is Cc1c(NN)cccc1OC(F)(F)F. The van der Waals surface area contributed by atoms with Crippen LogP contribution in [0.5, 0.6) is 5.75 Å². The first kappa shape index (κ1) is 10.6. The number of anilines is 1. The predicted octanol–water partition coefficient (Wildman–Crippen LogP) is 2.18. The van der Waals surface area contributed by atoms with Gasteiger partial charge in [-0.05, 0) is 19.1 Å². The Morgan fingerprint density at radius 1 is 1.36 bits per heavy atom. The normalized spacial score (nSPS) is 11.2. The van der Waals surface area contributed by atoms with Crippen molar-refractivity contribution in [2.24, 2.45) is 5.84 Å². The average Bonchev–Trinajstić information content (AvgIpc) is 2.06. The first-order valence-electron chi connectivity index (χ1n) is 3.76. The van der Waals surface area contributed by atoms with Gasteiger partial charge in [0.15, 0.2) is 0 Å². The Morgan fingerprint density at radius 3 is 2.50 bits per heavy atom. The Labute approximate surface area is 78.6 Å². The molecule has 14 heavy (non-hydrogen) atoms. The molecule has 0 saturated carbocycles. The van der Waals surface area contributed by atoms with Crippen molar-refractivity contribution in [1.29, 1.82) is 0 Å². The Kier molecular flexibility index (Phi) is 2.85. The van der Waals surface area contributed by atoms with Gasteiger partial charge in [0, 0.05) is 5.56 Å². The lowest BCUT2D eigenvalue weighted by Crippen LogP contribution is -2.18. The highest BCUT2D eigenvalue weighted by Gasteiger charge is 2.31. The third-order valence-electron chi connectivity index (χ3n) is 1.67. The van der Waals surface area contributed by atoms with Crippen LogP contribution in [0.25, 0.3) is 0 Å². The second-order valence-electron chi connectivity index (χ2n) is 2.62. The van der Waals surface area contributed by atoms with E-state index in [4.69, 9.17) is 5.84 Å². The summed E-state index contributed by atoms with van der Waals surface area (Å²) >= 11 is 0. The molecule has 0 bridgehead atoms. The van der Waals surface area contributed by atoms with Crippen LogP contribution in [-0.2, 0) is 0 Å². The number of hydrazine groups is 1. The quantitative estimate of drug-likeness (QED) is 0.576. The topological polar surface area (TPSA) is 47.3 Å². The molecule has 0 radical (unpaired) electrons. The van der Waals surface area contributed by atoms with Crippen LogP contribution in [0.15, 0.2) is 18.2 Å². The third kappa shape index (κ3) is 2.53. The number of nitrogens with two attached hydrogens (primary N) is 1. The molecule has 78 valence electrons. The Bertz CT molecular complexity index is 325. The molecule has 3 nitrogen and oxygen atoms in total. The van der Waals surface area contributed by atoms with Crippen molar-refractivity contribution in [2.45, 2.75) is 13.3 Å². The lowest BCUT2D eigenvalue weighted by molar-refractivity contribution is -0.274. The molecular formula is C8H9F3N2O. The van der Waals surface area contributed by atoms with Gasteiger partial charge in [0.05, 0.1) is 5.69 Å². The molecule has 1 aromatic rings. The number of nitrogen functional groups attached to an aromatic ring is 1. The molecular weight excluding hydrogens is 197 g/mol. The van der Waals surface area contributed by atoms with Gasteiger partial charge in [-0.1, -0.05) is 6.07 Å². The monoisotopic (exact) mass is 206 g/mol. The summed E-state index contributed by atoms with van der Waals surface area (Å²) in [4.78, 5) is 0. The maximum Gasteiger partial charge on any atom is 0.573 e. The van der Waals surface area contributed by atoms with Gasteiger partial charge in [0.1, 0.15) is 5.75 Å². The molecule has 0 aliphatic rings. The summed E-state index contributed by atoms with van der Waals surface area (Å²) in [5, 5.41) is 0. The number of hydrogen-bond acceptors (Lipinski definition) is 3. The minimum Gasteiger partial charge on any atom is -0.405 e. The van der Waals surface area contributed by atoms with E-state index in [9.17, 15) is 13.2 Å². The number of nitrogens with one attached hydrogen (secondary N) is 1. The van der Waals surface area contributed by atoms with E-state index in [1.165, 1.54) is 19.1 Å². The number of halogens is 3. The van der Waals surface area contributed by atoms with Gasteiger partial charge >= 0.3 is 6.36 Å². The van der Waals surface area contributed by atoms with E-state index < -0.39 is 6.36 Å². The molecule has 0 unspecified atom stereocenters. The molecule has 0 atom stereocenters. The zero-order valence-corrected chi connectivity index (χ0v) is 7.35. The number of hydrogen-bond donors (Lipinski definition) is 2. The van der Waals surface area contributed by atoms with Crippen molar-refractivity contribution >= 4 is 5.69 Å². The highest BCUT2D eigenvalue weighted by molar-refractivity contribution is 5.55. The zero-order valence-electron chi connectivity index (χ0n) is 7.35. The van der Waals surface area contributed by atoms with E-state index in [0.717, 1.165) is 0 Å². The smallest absolute Gasteiger partial charge is 0.405 e. The first-order chi connectivity index (χ1) is 6.44. The molecule has 0 aliphatic heterocycles. The minimum atomic E-state index is -4.68. The van der Waals surface area contributed by atoms with Gasteiger partial charge in [-0.2, -0.15) is 0 Å². The van der Waals surface area contributed by atoms with E-state index in [2.05, 4.69) is 10.2 Å². The molecule has 0 heterocycles. The van der Waals surface area contributed by atoms with E-state index in [-0.39, 0.29) is 5.75 Å².